The number of nitrogens with zero attached hydrogens (tertiary/aromatic N) is 1. The van der Waals surface area contributed by atoms with Gasteiger partial charge < -0.3 is 9.73 Å². The number of hydrogen-bond donors (Lipinski definition) is 1. The molecule has 1 aliphatic heterocycles. The fraction of sp³-hybridized carbons (Fsp3) is 0.625. The highest BCUT2D eigenvalue weighted by Crippen LogP contribution is 2.25. The van der Waals surface area contributed by atoms with Crippen LogP contribution in [0.4, 0.5) is 0 Å². The molecule has 1 saturated heterocycles. The third kappa shape index (κ3) is 1.69. The minimum atomic E-state index is 0.512. The Hall–Kier alpha value is -0.350. The van der Waals surface area contributed by atoms with Crippen molar-refractivity contribution in [1.82, 2.24) is 10.3 Å². The molecule has 1 N–H and O–H groups in total. The van der Waals surface area contributed by atoms with E-state index in [1.54, 1.807) is 6.26 Å². The van der Waals surface area contributed by atoms with Crippen molar-refractivity contribution in [2.24, 2.45) is 0 Å². The van der Waals surface area contributed by atoms with Crippen molar-refractivity contribution in [3.05, 3.63) is 16.8 Å². The monoisotopic (exact) mass is 230 g/mol. The zero-order chi connectivity index (χ0) is 8.39. The van der Waals surface area contributed by atoms with Gasteiger partial charge in [-0.2, -0.15) is 0 Å². The van der Waals surface area contributed by atoms with Crippen molar-refractivity contribution >= 4 is 15.9 Å². The molecule has 0 bridgehead atoms. The van der Waals surface area contributed by atoms with Gasteiger partial charge in [0.2, 0.25) is 0 Å². The second-order valence-electron chi connectivity index (χ2n) is 3.03. The van der Waals surface area contributed by atoms with Crippen LogP contribution in [0.5, 0.6) is 0 Å². The SMILES string of the molecule is Brc1coc(C2CCNCC2)n1. The summed E-state index contributed by atoms with van der Waals surface area (Å²) in [6.45, 7) is 2.15. The number of halogens is 1. The summed E-state index contributed by atoms with van der Waals surface area (Å²) >= 11 is 3.28. The van der Waals surface area contributed by atoms with Crippen molar-refractivity contribution in [3.8, 4) is 0 Å². The number of aromatic nitrogens is 1. The predicted octanol–water partition coefficient (Wildman–Crippen LogP) is 1.90. The average Bonchev–Trinajstić information content (AvgIpc) is 2.54. The van der Waals surface area contributed by atoms with Crippen LogP contribution in [0, 0.1) is 0 Å². The largest absolute Gasteiger partial charge is 0.447 e. The molecule has 0 aliphatic carbocycles. The molecule has 1 fully saturated rings. The molecule has 2 rings (SSSR count). The second kappa shape index (κ2) is 3.58. The average molecular weight is 231 g/mol. The fourth-order valence-electron chi connectivity index (χ4n) is 1.52. The zero-order valence-electron chi connectivity index (χ0n) is 6.72. The Morgan fingerprint density at radius 1 is 1.50 bits per heavy atom. The molecule has 1 aromatic rings. The minimum Gasteiger partial charge on any atom is -0.447 e. The summed E-state index contributed by atoms with van der Waals surface area (Å²) in [5, 5.41) is 3.31. The maximum atomic E-state index is 5.32. The highest BCUT2D eigenvalue weighted by molar-refractivity contribution is 9.10. The first-order valence-electron chi connectivity index (χ1n) is 4.18. The van der Waals surface area contributed by atoms with Crippen LogP contribution < -0.4 is 5.32 Å². The molecule has 0 aromatic carbocycles. The summed E-state index contributed by atoms with van der Waals surface area (Å²) in [5.74, 6) is 1.39. The molecule has 0 atom stereocenters. The quantitative estimate of drug-likeness (QED) is 0.802. The molecule has 3 nitrogen and oxygen atoms in total. The van der Waals surface area contributed by atoms with Gasteiger partial charge in [0.1, 0.15) is 10.9 Å². The Morgan fingerprint density at radius 2 is 2.25 bits per heavy atom. The van der Waals surface area contributed by atoms with Crippen LogP contribution in [0.1, 0.15) is 24.7 Å². The van der Waals surface area contributed by atoms with E-state index in [4.69, 9.17) is 4.42 Å². The van der Waals surface area contributed by atoms with Crippen molar-refractivity contribution in [1.29, 1.82) is 0 Å². The van der Waals surface area contributed by atoms with Gasteiger partial charge in [-0.1, -0.05) is 0 Å². The Labute approximate surface area is 79.7 Å². The summed E-state index contributed by atoms with van der Waals surface area (Å²) in [4.78, 5) is 4.26. The van der Waals surface area contributed by atoms with Crippen LogP contribution in [0.15, 0.2) is 15.3 Å². The summed E-state index contributed by atoms with van der Waals surface area (Å²) in [6, 6.07) is 0. The lowest BCUT2D eigenvalue weighted by atomic mass is 9.98. The van der Waals surface area contributed by atoms with E-state index >= 15 is 0 Å². The van der Waals surface area contributed by atoms with Gasteiger partial charge in [0.25, 0.3) is 0 Å². The van der Waals surface area contributed by atoms with E-state index in [-0.39, 0.29) is 0 Å². The smallest absolute Gasteiger partial charge is 0.198 e. The number of rotatable bonds is 1. The van der Waals surface area contributed by atoms with E-state index in [0.717, 1.165) is 36.4 Å². The van der Waals surface area contributed by atoms with Gasteiger partial charge >= 0.3 is 0 Å². The lowest BCUT2D eigenvalue weighted by molar-refractivity contribution is 0.374. The van der Waals surface area contributed by atoms with Gasteiger partial charge in [-0.25, -0.2) is 4.98 Å². The Kier molecular flexibility index (Phi) is 2.46. The normalized spacial score (nSPS) is 19.8. The van der Waals surface area contributed by atoms with Crippen molar-refractivity contribution < 1.29 is 4.42 Å². The van der Waals surface area contributed by atoms with Crippen molar-refractivity contribution in [2.75, 3.05) is 13.1 Å². The molecule has 0 unspecified atom stereocenters. The molecule has 1 aromatic heterocycles. The van der Waals surface area contributed by atoms with Crippen LogP contribution in [-0.4, -0.2) is 18.1 Å². The first-order chi connectivity index (χ1) is 5.86. The van der Waals surface area contributed by atoms with Crippen LogP contribution in [0.25, 0.3) is 0 Å². The Balaban J connectivity index is 2.08. The third-order valence-corrected chi connectivity index (χ3v) is 2.55. The standard InChI is InChI=1S/C8H11BrN2O/c9-7-5-12-8(11-7)6-1-3-10-4-2-6/h5-6,10H,1-4H2. The summed E-state index contributed by atoms with van der Waals surface area (Å²) in [6.07, 6.45) is 3.91. The summed E-state index contributed by atoms with van der Waals surface area (Å²) in [5.41, 5.74) is 0. The van der Waals surface area contributed by atoms with Crippen LogP contribution in [0.3, 0.4) is 0 Å². The van der Waals surface area contributed by atoms with E-state index in [1.807, 2.05) is 0 Å². The summed E-state index contributed by atoms with van der Waals surface area (Å²) in [7, 11) is 0. The molecule has 2 heterocycles. The molecule has 66 valence electrons. The van der Waals surface area contributed by atoms with Gasteiger partial charge in [0, 0.05) is 5.92 Å². The Morgan fingerprint density at radius 3 is 2.83 bits per heavy atom. The van der Waals surface area contributed by atoms with Crippen LogP contribution in [0.2, 0.25) is 0 Å². The van der Waals surface area contributed by atoms with Gasteiger partial charge in [-0.3, -0.25) is 0 Å². The van der Waals surface area contributed by atoms with Gasteiger partial charge in [-0.15, -0.1) is 0 Å². The molecule has 0 amide bonds. The lowest BCUT2D eigenvalue weighted by Gasteiger charge is -2.19. The molecule has 1 aliphatic rings. The summed E-state index contributed by atoms with van der Waals surface area (Å²) < 4.78 is 6.12. The minimum absolute atomic E-state index is 0.512. The van der Waals surface area contributed by atoms with Gasteiger partial charge in [0.05, 0.1) is 0 Å². The lowest BCUT2D eigenvalue weighted by Crippen LogP contribution is -2.26. The first-order valence-corrected chi connectivity index (χ1v) is 4.97. The zero-order valence-corrected chi connectivity index (χ0v) is 8.30. The second-order valence-corrected chi connectivity index (χ2v) is 3.85. The van der Waals surface area contributed by atoms with Gasteiger partial charge in [-0.05, 0) is 41.9 Å². The molecule has 12 heavy (non-hydrogen) atoms. The molecule has 0 spiro atoms. The molecule has 0 saturated carbocycles. The number of oxazole rings is 1. The van der Waals surface area contributed by atoms with E-state index < -0.39 is 0 Å². The predicted molar refractivity (Wildman–Crippen MR) is 49.0 cm³/mol. The third-order valence-electron chi connectivity index (χ3n) is 2.18. The molecular weight excluding hydrogens is 220 g/mol. The maximum absolute atomic E-state index is 5.32. The van der Waals surface area contributed by atoms with Crippen molar-refractivity contribution in [3.63, 3.8) is 0 Å². The van der Waals surface area contributed by atoms with Gasteiger partial charge in [0.15, 0.2) is 5.89 Å². The maximum Gasteiger partial charge on any atom is 0.198 e. The topological polar surface area (TPSA) is 38.1 Å². The van der Waals surface area contributed by atoms with Crippen LogP contribution >= 0.6 is 15.9 Å². The van der Waals surface area contributed by atoms with E-state index in [0.29, 0.717) is 5.92 Å². The molecule has 0 radical (unpaired) electrons. The Bertz CT molecular complexity index is 255. The van der Waals surface area contributed by atoms with E-state index in [2.05, 4.69) is 26.2 Å². The van der Waals surface area contributed by atoms with Crippen molar-refractivity contribution in [2.45, 2.75) is 18.8 Å². The number of hydrogen-bond acceptors (Lipinski definition) is 3. The van der Waals surface area contributed by atoms with Crippen LogP contribution in [-0.2, 0) is 0 Å². The van der Waals surface area contributed by atoms with E-state index in [1.165, 1.54) is 0 Å². The first kappa shape index (κ1) is 8.26. The van der Waals surface area contributed by atoms with E-state index in [9.17, 15) is 0 Å². The molecular formula is C8H11BrN2O. The number of nitrogens with one attached hydrogen (secondary N) is 1. The number of piperidine rings is 1. The highest BCUT2D eigenvalue weighted by Gasteiger charge is 2.19. The fourth-order valence-corrected chi connectivity index (χ4v) is 1.79. The highest BCUT2D eigenvalue weighted by atomic mass is 79.9. The molecule has 4 heteroatoms.